The number of fused-ring (bicyclic) bond motifs is 1. The minimum Gasteiger partial charge on any atom is -0.488 e. The lowest BCUT2D eigenvalue weighted by molar-refractivity contribution is -0.145. The van der Waals surface area contributed by atoms with Crippen molar-refractivity contribution < 1.29 is 24.5 Å². The Kier molecular flexibility index (Phi) is 11.9. The lowest BCUT2D eigenvalue weighted by atomic mass is 9.96. The number of aromatic nitrogens is 2. The van der Waals surface area contributed by atoms with Crippen molar-refractivity contribution in [3.05, 3.63) is 118 Å². The molecule has 9 nitrogen and oxygen atoms in total. The third kappa shape index (κ3) is 8.43. The largest absolute Gasteiger partial charge is 0.488 e. The number of carbonyl (C=O) groups is 1. The van der Waals surface area contributed by atoms with Crippen LogP contribution < -0.4 is 14.8 Å². The second-order valence-corrected chi connectivity index (χ2v) is 11.2. The lowest BCUT2D eigenvalue weighted by Crippen LogP contribution is -2.52. The fourth-order valence-corrected chi connectivity index (χ4v) is 5.03. The summed E-state index contributed by atoms with van der Waals surface area (Å²) in [5.41, 5.74) is 5.18. The molecule has 1 unspecified atom stereocenters. The molecular weight excluding hydrogens is 616 g/mol. The van der Waals surface area contributed by atoms with Crippen LogP contribution in [0.1, 0.15) is 48.6 Å². The molecule has 242 valence electrons. The first kappa shape index (κ1) is 34.9. The highest BCUT2D eigenvalue weighted by atomic mass is 35.5. The third-order valence-corrected chi connectivity index (χ3v) is 7.93. The number of nitrogens with one attached hydrogen (secondary N) is 1. The number of hydrogen-bond acceptors (Lipinski definition) is 8. The van der Waals surface area contributed by atoms with Crippen molar-refractivity contribution in [1.29, 1.82) is 5.26 Å². The summed E-state index contributed by atoms with van der Waals surface area (Å²) >= 11 is 6.67. The number of halogens is 1. The highest BCUT2D eigenvalue weighted by Gasteiger charge is 2.32. The zero-order chi connectivity index (χ0) is 34.0. The van der Waals surface area contributed by atoms with Crippen molar-refractivity contribution in [3.8, 4) is 28.7 Å². The van der Waals surface area contributed by atoms with Crippen LogP contribution in [0.5, 0.6) is 11.5 Å². The van der Waals surface area contributed by atoms with Gasteiger partial charge in [-0.2, -0.15) is 5.26 Å². The topological polar surface area (TPSA) is 138 Å². The van der Waals surface area contributed by atoms with Crippen LogP contribution in [0.4, 0.5) is 0 Å². The van der Waals surface area contributed by atoms with E-state index >= 15 is 0 Å². The summed E-state index contributed by atoms with van der Waals surface area (Å²) in [7, 11) is 0. The molecule has 0 saturated carbocycles. The molecule has 0 bridgehead atoms. The molecular formula is C37H37ClN4O5. The van der Waals surface area contributed by atoms with E-state index in [9.17, 15) is 20.3 Å². The highest BCUT2D eigenvalue weighted by molar-refractivity contribution is 6.32. The van der Waals surface area contributed by atoms with E-state index in [0.29, 0.717) is 33.2 Å². The number of rotatable bonds is 12. The normalized spacial score (nSPS) is 11.9. The molecule has 10 heteroatoms. The third-order valence-electron chi connectivity index (χ3n) is 7.63. The smallest absolute Gasteiger partial charge is 0.326 e. The molecule has 0 spiro atoms. The van der Waals surface area contributed by atoms with E-state index in [4.69, 9.17) is 21.1 Å². The summed E-state index contributed by atoms with van der Waals surface area (Å²) in [4.78, 5) is 20.2. The van der Waals surface area contributed by atoms with Crippen LogP contribution in [-0.4, -0.2) is 38.3 Å². The summed E-state index contributed by atoms with van der Waals surface area (Å²) < 4.78 is 12.3. The Labute approximate surface area is 279 Å². The van der Waals surface area contributed by atoms with Crippen molar-refractivity contribution in [1.82, 2.24) is 15.3 Å². The minimum absolute atomic E-state index is 0.0393. The van der Waals surface area contributed by atoms with E-state index in [1.807, 2.05) is 44.2 Å². The maximum atomic E-state index is 11.7. The molecule has 0 amide bonds. The molecule has 5 rings (SSSR count). The van der Waals surface area contributed by atoms with Gasteiger partial charge in [-0.05, 0) is 66.4 Å². The van der Waals surface area contributed by atoms with Crippen LogP contribution in [-0.2, 0) is 24.6 Å². The molecule has 2 heterocycles. The molecule has 0 radical (unpaired) electrons. The maximum Gasteiger partial charge on any atom is 0.326 e. The van der Waals surface area contributed by atoms with Gasteiger partial charge < -0.3 is 19.7 Å². The minimum atomic E-state index is -1.58. The van der Waals surface area contributed by atoms with Crippen LogP contribution in [0.2, 0.25) is 5.02 Å². The number of pyridine rings is 2. The number of aliphatic carboxylic acids is 1. The van der Waals surface area contributed by atoms with Crippen LogP contribution in [0, 0.1) is 18.3 Å². The van der Waals surface area contributed by atoms with Crippen molar-refractivity contribution in [3.63, 3.8) is 0 Å². The summed E-state index contributed by atoms with van der Waals surface area (Å²) in [5.74, 6) is -0.426. The Morgan fingerprint density at radius 1 is 1.00 bits per heavy atom. The summed E-state index contributed by atoms with van der Waals surface area (Å²) in [6, 6.07) is 23.3. The summed E-state index contributed by atoms with van der Waals surface area (Å²) in [6.07, 6.45) is 4.84. The number of hydrogen-bond donors (Lipinski definition) is 3. The molecule has 0 fully saturated rings. The van der Waals surface area contributed by atoms with Gasteiger partial charge in [0.25, 0.3) is 0 Å². The first-order valence-corrected chi connectivity index (χ1v) is 15.5. The maximum absolute atomic E-state index is 11.7. The highest BCUT2D eigenvalue weighted by Crippen LogP contribution is 2.35. The van der Waals surface area contributed by atoms with Crippen LogP contribution in [0.3, 0.4) is 0 Å². The van der Waals surface area contributed by atoms with Crippen LogP contribution in [0.25, 0.3) is 22.0 Å². The van der Waals surface area contributed by atoms with Gasteiger partial charge in [0.1, 0.15) is 36.3 Å². The fraction of sp³-hybridized carbons (Fsp3) is 0.243. The predicted octanol–water partition coefficient (Wildman–Crippen LogP) is 7.24. The Balaban J connectivity index is 0.00000245. The molecule has 0 aliphatic carbocycles. The van der Waals surface area contributed by atoms with Gasteiger partial charge in [-0.3, -0.25) is 20.1 Å². The molecule has 2 aromatic heterocycles. The molecule has 1 atom stereocenters. The van der Waals surface area contributed by atoms with Gasteiger partial charge in [-0.15, -0.1) is 0 Å². The standard InChI is InChI=1S/C35H31ClN4O5.C2H6/c1-22-27(5-3-7-29(22)25-8-9-31-26(12-25)6-4-10-39-31)20-45-33-14-32(44-19-24-11-23(15-37)16-38-17-24)28(13-30(33)36)18-40-35(2,21-41)34(42)43;1-2/h3-14,16-17,40-41H,18-21H2,1-2H3,(H,42,43);1-2H3. The zero-order valence-electron chi connectivity index (χ0n) is 26.8. The lowest BCUT2D eigenvalue weighted by Gasteiger charge is -2.25. The zero-order valence-corrected chi connectivity index (χ0v) is 27.5. The molecule has 0 saturated heterocycles. The SMILES string of the molecule is CC.Cc1c(COc2cc(OCc3cncc(C#N)c3)c(CNC(C)(CO)C(=O)O)cc2Cl)cccc1-c1ccc2ncccc2c1. The van der Waals surface area contributed by atoms with Gasteiger partial charge in [0.2, 0.25) is 0 Å². The Morgan fingerprint density at radius 3 is 2.53 bits per heavy atom. The van der Waals surface area contributed by atoms with Gasteiger partial charge >= 0.3 is 5.97 Å². The van der Waals surface area contributed by atoms with E-state index in [2.05, 4.69) is 46.5 Å². The molecule has 47 heavy (non-hydrogen) atoms. The molecule has 3 N–H and O–H groups in total. The molecule has 3 aromatic carbocycles. The van der Waals surface area contributed by atoms with Gasteiger partial charge in [0.15, 0.2) is 0 Å². The first-order valence-electron chi connectivity index (χ1n) is 15.2. The van der Waals surface area contributed by atoms with Gasteiger partial charge in [0, 0.05) is 47.7 Å². The second-order valence-electron chi connectivity index (χ2n) is 10.8. The average Bonchev–Trinajstić information content (AvgIpc) is 3.10. The van der Waals surface area contributed by atoms with E-state index < -0.39 is 18.1 Å². The van der Waals surface area contributed by atoms with E-state index in [1.54, 1.807) is 30.6 Å². The molecule has 5 aromatic rings. The van der Waals surface area contributed by atoms with Crippen molar-refractivity contribution in [2.75, 3.05) is 6.61 Å². The number of carboxylic acids is 1. The van der Waals surface area contributed by atoms with Gasteiger partial charge in [0.05, 0.1) is 22.7 Å². The van der Waals surface area contributed by atoms with Crippen molar-refractivity contribution >= 4 is 28.5 Å². The molecule has 0 aliphatic rings. The van der Waals surface area contributed by atoms with E-state index in [-0.39, 0.29) is 19.8 Å². The monoisotopic (exact) mass is 652 g/mol. The Hall–Kier alpha value is -5.01. The second kappa shape index (κ2) is 16.0. The summed E-state index contributed by atoms with van der Waals surface area (Å²) in [5, 5.41) is 32.7. The molecule has 0 aliphatic heterocycles. The van der Waals surface area contributed by atoms with Crippen molar-refractivity contribution in [2.24, 2.45) is 0 Å². The predicted molar refractivity (Wildman–Crippen MR) is 182 cm³/mol. The quantitative estimate of drug-likeness (QED) is 0.127. The van der Waals surface area contributed by atoms with Crippen LogP contribution in [0.15, 0.2) is 85.3 Å². The first-order chi connectivity index (χ1) is 22.7. The average molecular weight is 653 g/mol. The number of benzene rings is 3. The fourth-order valence-electron chi connectivity index (χ4n) is 4.79. The Morgan fingerprint density at radius 2 is 1.79 bits per heavy atom. The van der Waals surface area contributed by atoms with Gasteiger partial charge in [-0.1, -0.05) is 55.8 Å². The van der Waals surface area contributed by atoms with E-state index in [1.165, 1.54) is 13.1 Å². The van der Waals surface area contributed by atoms with Crippen LogP contribution >= 0.6 is 11.6 Å². The summed E-state index contributed by atoms with van der Waals surface area (Å²) in [6.45, 7) is 7.19. The van der Waals surface area contributed by atoms with Gasteiger partial charge in [-0.25, -0.2) is 0 Å². The number of nitrogens with zero attached hydrogens (tertiary/aromatic N) is 3. The van der Waals surface area contributed by atoms with E-state index in [0.717, 1.165) is 33.2 Å². The number of aliphatic hydroxyl groups is 1. The number of ether oxygens (including phenoxy) is 2. The van der Waals surface area contributed by atoms with Crippen molar-refractivity contribution in [2.45, 2.75) is 53.0 Å². The number of aliphatic hydroxyl groups excluding tert-OH is 1. The number of carboxylic acid groups (broad SMARTS) is 1. The number of nitriles is 1. The Bertz CT molecular complexity index is 1910.